The second kappa shape index (κ2) is 11.7. The summed E-state index contributed by atoms with van der Waals surface area (Å²) in [5, 5.41) is 3.69. The molecule has 7 nitrogen and oxygen atoms in total. The van der Waals surface area contributed by atoms with Crippen LogP contribution in [0, 0.1) is 0 Å². The van der Waals surface area contributed by atoms with Gasteiger partial charge in [0.25, 0.3) is 11.5 Å². The highest BCUT2D eigenvalue weighted by molar-refractivity contribution is 7.99. The molecule has 0 aliphatic carbocycles. The summed E-state index contributed by atoms with van der Waals surface area (Å²) >= 11 is 1.21. The molecule has 0 spiro atoms. The molecule has 4 rings (SSSR count). The molecule has 0 saturated heterocycles. The van der Waals surface area contributed by atoms with E-state index in [4.69, 9.17) is 9.72 Å². The molecule has 8 heteroatoms. The van der Waals surface area contributed by atoms with E-state index in [9.17, 15) is 14.4 Å². The van der Waals surface area contributed by atoms with E-state index in [2.05, 4.69) is 5.32 Å². The Bertz CT molecular complexity index is 1430. The van der Waals surface area contributed by atoms with Crippen LogP contribution < -0.4 is 15.6 Å². The second-order valence-electron chi connectivity index (χ2n) is 8.20. The molecule has 0 radical (unpaired) electrons. The predicted octanol–water partition coefficient (Wildman–Crippen LogP) is 4.57. The van der Waals surface area contributed by atoms with Crippen molar-refractivity contribution >= 4 is 34.4 Å². The van der Waals surface area contributed by atoms with Crippen molar-refractivity contribution in [2.45, 2.75) is 25.0 Å². The molecule has 0 aliphatic rings. The minimum Gasteiger partial charge on any atom is -0.497 e. The van der Waals surface area contributed by atoms with Crippen LogP contribution in [0.15, 0.2) is 82.7 Å². The average Bonchev–Trinajstić information content (AvgIpc) is 2.92. The number of aromatic nitrogens is 2. The van der Waals surface area contributed by atoms with E-state index in [0.717, 1.165) is 12.0 Å². The van der Waals surface area contributed by atoms with E-state index in [1.165, 1.54) is 11.8 Å². The topological polar surface area (TPSA) is 90.3 Å². The number of methoxy groups -OCH3 is 1. The second-order valence-corrected chi connectivity index (χ2v) is 9.14. The molecule has 1 amide bonds. The van der Waals surface area contributed by atoms with Crippen molar-refractivity contribution in [3.8, 4) is 5.75 Å². The summed E-state index contributed by atoms with van der Waals surface area (Å²) in [7, 11) is 1.57. The first-order valence-electron chi connectivity index (χ1n) is 11.7. The Morgan fingerprint density at radius 3 is 2.42 bits per heavy atom. The molecule has 4 aromatic rings. The molecule has 1 heterocycles. The van der Waals surface area contributed by atoms with Crippen molar-refractivity contribution in [2.24, 2.45) is 0 Å². The highest BCUT2D eigenvalue weighted by Gasteiger charge is 2.16. The number of fused-ring (bicyclic) bond motifs is 1. The smallest absolute Gasteiger partial charge is 0.262 e. The van der Waals surface area contributed by atoms with Crippen molar-refractivity contribution in [3.63, 3.8) is 0 Å². The highest BCUT2D eigenvalue weighted by Crippen LogP contribution is 2.22. The van der Waals surface area contributed by atoms with Crippen LogP contribution in [0.2, 0.25) is 0 Å². The van der Waals surface area contributed by atoms with E-state index in [-0.39, 0.29) is 23.0 Å². The van der Waals surface area contributed by atoms with Gasteiger partial charge in [0, 0.05) is 17.7 Å². The maximum absolute atomic E-state index is 13.5. The van der Waals surface area contributed by atoms with Gasteiger partial charge in [-0.3, -0.25) is 19.0 Å². The lowest BCUT2D eigenvalue weighted by Crippen LogP contribution is -2.26. The molecule has 0 saturated carbocycles. The first-order valence-corrected chi connectivity index (χ1v) is 12.7. The summed E-state index contributed by atoms with van der Waals surface area (Å²) in [6.07, 6.45) is 0.824. The predicted molar refractivity (Wildman–Crippen MR) is 142 cm³/mol. The first kappa shape index (κ1) is 25.2. The fraction of sp³-hybridized carbons (Fsp3) is 0.214. The van der Waals surface area contributed by atoms with Gasteiger partial charge in [-0.2, -0.15) is 0 Å². The maximum Gasteiger partial charge on any atom is 0.262 e. The number of hydrogen-bond acceptors (Lipinski definition) is 6. The summed E-state index contributed by atoms with van der Waals surface area (Å²) < 4.78 is 6.74. The molecule has 1 N–H and O–H groups in total. The molecule has 0 fully saturated rings. The monoisotopic (exact) mass is 501 g/mol. The minimum atomic E-state index is -0.219. The number of carbonyl (C=O) groups is 2. The van der Waals surface area contributed by atoms with E-state index in [0.29, 0.717) is 46.0 Å². The zero-order valence-electron chi connectivity index (χ0n) is 20.2. The van der Waals surface area contributed by atoms with Gasteiger partial charge in [-0.25, -0.2) is 4.98 Å². The fourth-order valence-corrected chi connectivity index (χ4v) is 4.58. The largest absolute Gasteiger partial charge is 0.497 e. The number of thioether (sulfide) groups is 1. The number of nitrogens with zero attached hydrogens (tertiary/aromatic N) is 2. The van der Waals surface area contributed by atoms with E-state index in [1.54, 1.807) is 54.1 Å². The summed E-state index contributed by atoms with van der Waals surface area (Å²) in [6.45, 7) is 2.87. The zero-order chi connectivity index (χ0) is 25.5. The number of benzene rings is 3. The maximum atomic E-state index is 13.5. The van der Waals surface area contributed by atoms with Crippen LogP contribution in [-0.4, -0.2) is 40.6 Å². The van der Waals surface area contributed by atoms with Crippen molar-refractivity contribution in [3.05, 3.63) is 99.8 Å². The number of carbonyl (C=O) groups excluding carboxylic acids is 2. The molecule has 1 aromatic heterocycles. The summed E-state index contributed by atoms with van der Waals surface area (Å²) in [5.74, 6) is 0.482. The van der Waals surface area contributed by atoms with Crippen LogP contribution in [0.5, 0.6) is 5.75 Å². The van der Waals surface area contributed by atoms with E-state index in [1.807, 2.05) is 37.3 Å². The lowest BCUT2D eigenvalue weighted by atomic mass is 10.1. The van der Waals surface area contributed by atoms with Gasteiger partial charge in [0.2, 0.25) is 0 Å². The van der Waals surface area contributed by atoms with Crippen molar-refractivity contribution in [1.82, 2.24) is 14.9 Å². The molecular formula is C28H27N3O4S. The normalized spacial score (nSPS) is 10.8. The van der Waals surface area contributed by atoms with E-state index < -0.39 is 0 Å². The lowest BCUT2D eigenvalue weighted by Gasteiger charge is -2.14. The minimum absolute atomic E-state index is 0.0871. The Balaban J connectivity index is 1.69. The van der Waals surface area contributed by atoms with Crippen molar-refractivity contribution in [1.29, 1.82) is 0 Å². The Morgan fingerprint density at radius 1 is 1.00 bits per heavy atom. The third-order valence-corrected chi connectivity index (χ3v) is 6.62. The van der Waals surface area contributed by atoms with Gasteiger partial charge in [-0.15, -0.1) is 0 Å². The number of rotatable bonds is 10. The number of ketones is 1. The van der Waals surface area contributed by atoms with Crippen LogP contribution in [-0.2, 0) is 6.54 Å². The van der Waals surface area contributed by atoms with Crippen LogP contribution in [0.3, 0.4) is 0 Å². The summed E-state index contributed by atoms with van der Waals surface area (Å²) in [6, 6.07) is 21.4. The Hall–Kier alpha value is -3.91. The number of Topliss-reactive ketones (excluding diaryl/α,β-unsaturated/α-hetero) is 1. The quantitative estimate of drug-likeness (QED) is 0.195. The average molecular weight is 502 g/mol. The van der Waals surface area contributed by atoms with Crippen LogP contribution >= 0.6 is 11.8 Å². The molecule has 0 unspecified atom stereocenters. The Morgan fingerprint density at radius 2 is 1.72 bits per heavy atom. The molecular weight excluding hydrogens is 474 g/mol. The number of hydrogen-bond donors (Lipinski definition) is 1. The number of nitrogens with one attached hydrogen (secondary N) is 1. The molecule has 3 aromatic carbocycles. The molecule has 184 valence electrons. The van der Waals surface area contributed by atoms with Gasteiger partial charge in [-0.05, 0) is 54.4 Å². The highest BCUT2D eigenvalue weighted by atomic mass is 32.2. The molecule has 36 heavy (non-hydrogen) atoms. The Kier molecular flexibility index (Phi) is 8.17. The summed E-state index contributed by atoms with van der Waals surface area (Å²) in [4.78, 5) is 43.5. The molecule has 0 aliphatic heterocycles. The van der Waals surface area contributed by atoms with Crippen LogP contribution in [0.4, 0.5) is 0 Å². The van der Waals surface area contributed by atoms with Gasteiger partial charge >= 0.3 is 0 Å². The van der Waals surface area contributed by atoms with Crippen LogP contribution in [0.25, 0.3) is 10.9 Å². The molecule has 0 bridgehead atoms. The third kappa shape index (κ3) is 5.83. The standard InChI is InChI=1S/C28H27N3O4S/c1-3-15-29-26(33)21-11-14-23-24(16-21)30-28(31(27(23)34)17-19-7-5-4-6-8-19)36-18-25(32)20-9-12-22(35-2)13-10-20/h4-14,16H,3,15,17-18H2,1-2H3,(H,29,33). The van der Waals surface area contributed by atoms with Crippen molar-refractivity contribution < 1.29 is 14.3 Å². The van der Waals surface area contributed by atoms with Crippen molar-refractivity contribution in [2.75, 3.05) is 19.4 Å². The van der Waals surface area contributed by atoms with E-state index >= 15 is 0 Å². The molecule has 0 atom stereocenters. The van der Waals surface area contributed by atoms with Gasteiger partial charge in [-0.1, -0.05) is 49.0 Å². The SMILES string of the molecule is CCCNC(=O)c1ccc2c(=O)n(Cc3ccccc3)c(SCC(=O)c3ccc(OC)cc3)nc2c1. The van der Waals surface area contributed by atoms with Gasteiger partial charge in [0.05, 0.1) is 30.3 Å². The van der Waals surface area contributed by atoms with Gasteiger partial charge in [0.1, 0.15) is 5.75 Å². The first-order chi connectivity index (χ1) is 17.5. The number of amides is 1. The Labute approximate surface area is 213 Å². The third-order valence-electron chi connectivity index (χ3n) is 5.65. The number of ether oxygens (including phenoxy) is 1. The summed E-state index contributed by atoms with van der Waals surface area (Å²) in [5.41, 5.74) is 2.14. The fourth-order valence-electron chi connectivity index (χ4n) is 3.69. The zero-order valence-corrected chi connectivity index (χ0v) is 21.0. The van der Waals surface area contributed by atoms with Crippen LogP contribution in [0.1, 0.15) is 39.6 Å². The van der Waals surface area contributed by atoms with Gasteiger partial charge < -0.3 is 10.1 Å². The lowest BCUT2D eigenvalue weighted by molar-refractivity contribution is 0.0952. The van der Waals surface area contributed by atoms with Gasteiger partial charge in [0.15, 0.2) is 10.9 Å².